The first-order valence-corrected chi connectivity index (χ1v) is 7.24. The van der Waals surface area contributed by atoms with Crippen LogP contribution in [-0.2, 0) is 0 Å². The van der Waals surface area contributed by atoms with Gasteiger partial charge in [0.05, 0.1) is 23.8 Å². The van der Waals surface area contributed by atoms with Crippen LogP contribution in [0.5, 0.6) is 0 Å². The zero-order valence-corrected chi connectivity index (χ0v) is 11.7. The van der Waals surface area contributed by atoms with Crippen molar-refractivity contribution in [2.24, 2.45) is 0 Å². The highest BCUT2D eigenvalue weighted by Gasteiger charge is 2.10. The van der Waals surface area contributed by atoms with Gasteiger partial charge >= 0.3 is 0 Å². The number of aliphatic hydroxyl groups excluding tert-OH is 2. The van der Waals surface area contributed by atoms with Crippen LogP contribution >= 0.6 is 11.3 Å². The molecule has 0 aliphatic rings. The fourth-order valence-electron chi connectivity index (χ4n) is 1.84. The highest BCUT2D eigenvalue weighted by molar-refractivity contribution is 7.07. The largest absolute Gasteiger partial charge is 0.387 e. The summed E-state index contributed by atoms with van der Waals surface area (Å²) in [4.78, 5) is 0. The predicted molar refractivity (Wildman–Crippen MR) is 78.3 cm³/mol. The molecule has 0 aliphatic carbocycles. The summed E-state index contributed by atoms with van der Waals surface area (Å²) in [6.45, 7) is 0.747. The fourth-order valence-corrected chi connectivity index (χ4v) is 2.54. The first kappa shape index (κ1) is 14.7. The second kappa shape index (κ2) is 7.17. The van der Waals surface area contributed by atoms with Gasteiger partial charge in [0.25, 0.3) is 0 Å². The van der Waals surface area contributed by atoms with Crippen LogP contribution in [0.25, 0.3) is 0 Å². The summed E-state index contributed by atoms with van der Waals surface area (Å²) in [6.07, 6.45) is -1.22. The van der Waals surface area contributed by atoms with Gasteiger partial charge in [0, 0.05) is 13.1 Å². The predicted octanol–water partition coefficient (Wildman–Crippen LogP) is 1.98. The normalized spacial score (nSPS) is 13.7. The summed E-state index contributed by atoms with van der Waals surface area (Å²) in [5.41, 5.74) is 2.21. The van der Waals surface area contributed by atoms with E-state index in [0.717, 1.165) is 11.1 Å². The lowest BCUT2D eigenvalue weighted by molar-refractivity contribution is 0.147. The van der Waals surface area contributed by atoms with E-state index in [1.165, 1.54) is 0 Å². The molecule has 0 amide bonds. The molecule has 5 heteroatoms. The number of nitrogens with zero attached hydrogens (tertiary/aromatic N) is 1. The molecule has 0 fully saturated rings. The third kappa shape index (κ3) is 3.89. The van der Waals surface area contributed by atoms with E-state index in [9.17, 15) is 10.2 Å². The lowest BCUT2D eigenvalue weighted by Gasteiger charge is -2.14. The van der Waals surface area contributed by atoms with Crippen LogP contribution in [0.2, 0.25) is 0 Å². The molecule has 0 aliphatic heterocycles. The van der Waals surface area contributed by atoms with Gasteiger partial charge in [-0.05, 0) is 40.1 Å². The molecule has 0 saturated heterocycles. The number of nitrogens with one attached hydrogen (secondary N) is 1. The van der Waals surface area contributed by atoms with Crippen LogP contribution in [0.4, 0.5) is 0 Å². The number of benzene rings is 1. The Labute approximate surface area is 121 Å². The molecule has 3 N–H and O–H groups in total. The monoisotopic (exact) mass is 288 g/mol. The van der Waals surface area contributed by atoms with E-state index in [0.29, 0.717) is 18.7 Å². The van der Waals surface area contributed by atoms with Gasteiger partial charge in [0.1, 0.15) is 0 Å². The molecule has 0 bridgehead atoms. The maximum atomic E-state index is 10.0. The van der Waals surface area contributed by atoms with Gasteiger partial charge in [0.2, 0.25) is 0 Å². The maximum Gasteiger partial charge on any atom is 0.0991 e. The van der Waals surface area contributed by atoms with Crippen molar-refractivity contribution in [3.8, 4) is 6.07 Å². The lowest BCUT2D eigenvalue weighted by atomic mass is 10.1. The summed E-state index contributed by atoms with van der Waals surface area (Å²) in [5, 5.41) is 35.5. The Morgan fingerprint density at radius 1 is 1.05 bits per heavy atom. The Hall–Kier alpha value is -1.71. The van der Waals surface area contributed by atoms with E-state index in [2.05, 4.69) is 5.32 Å². The Morgan fingerprint density at radius 3 is 2.25 bits per heavy atom. The van der Waals surface area contributed by atoms with Gasteiger partial charge in [-0.2, -0.15) is 16.6 Å². The number of aliphatic hydroxyl groups is 2. The molecule has 1 aromatic carbocycles. The molecule has 2 aromatic rings. The van der Waals surface area contributed by atoms with Gasteiger partial charge in [-0.3, -0.25) is 0 Å². The van der Waals surface area contributed by atoms with Crippen molar-refractivity contribution in [2.75, 3.05) is 13.1 Å². The topological polar surface area (TPSA) is 76.3 Å². The fraction of sp³-hybridized carbons (Fsp3) is 0.267. The molecule has 2 unspecified atom stereocenters. The van der Waals surface area contributed by atoms with Crippen molar-refractivity contribution < 1.29 is 10.2 Å². The molecule has 104 valence electrons. The quantitative estimate of drug-likeness (QED) is 0.759. The van der Waals surface area contributed by atoms with E-state index >= 15 is 0 Å². The Morgan fingerprint density at radius 2 is 1.70 bits per heavy atom. The van der Waals surface area contributed by atoms with Crippen LogP contribution in [0.1, 0.15) is 28.9 Å². The number of hydrogen-bond acceptors (Lipinski definition) is 5. The molecule has 4 nitrogen and oxygen atoms in total. The molecular weight excluding hydrogens is 272 g/mol. The van der Waals surface area contributed by atoms with Crippen LogP contribution in [-0.4, -0.2) is 23.3 Å². The van der Waals surface area contributed by atoms with E-state index in [1.807, 2.05) is 22.9 Å². The second-order valence-electron chi connectivity index (χ2n) is 4.48. The van der Waals surface area contributed by atoms with Crippen LogP contribution in [0, 0.1) is 11.3 Å². The minimum absolute atomic E-state index is 0.354. The van der Waals surface area contributed by atoms with Gasteiger partial charge in [-0.1, -0.05) is 12.1 Å². The van der Waals surface area contributed by atoms with Gasteiger partial charge in [-0.15, -0.1) is 0 Å². The lowest BCUT2D eigenvalue weighted by Crippen LogP contribution is -2.26. The standard InChI is InChI=1S/C15H16N2O2S/c16-7-11-1-3-12(4-2-11)14(18)8-17-9-15(19)13-5-6-20-10-13/h1-6,10,14-15,17-19H,8-9H2. The van der Waals surface area contributed by atoms with Crippen molar-refractivity contribution in [1.29, 1.82) is 5.26 Å². The average molecular weight is 288 g/mol. The highest BCUT2D eigenvalue weighted by Crippen LogP contribution is 2.16. The van der Waals surface area contributed by atoms with E-state index in [1.54, 1.807) is 35.6 Å². The molecule has 20 heavy (non-hydrogen) atoms. The summed E-state index contributed by atoms with van der Waals surface area (Å²) in [7, 11) is 0. The molecule has 1 heterocycles. The first-order valence-electron chi connectivity index (χ1n) is 6.29. The van der Waals surface area contributed by atoms with Crippen molar-refractivity contribution in [1.82, 2.24) is 5.32 Å². The van der Waals surface area contributed by atoms with E-state index in [-0.39, 0.29) is 0 Å². The molecule has 2 rings (SSSR count). The number of nitriles is 1. The van der Waals surface area contributed by atoms with Gasteiger partial charge in [-0.25, -0.2) is 0 Å². The zero-order valence-electron chi connectivity index (χ0n) is 10.9. The third-order valence-electron chi connectivity index (χ3n) is 3.03. The number of hydrogen-bond donors (Lipinski definition) is 3. The van der Waals surface area contributed by atoms with Crippen LogP contribution in [0.15, 0.2) is 41.1 Å². The molecule has 2 atom stereocenters. The highest BCUT2D eigenvalue weighted by atomic mass is 32.1. The van der Waals surface area contributed by atoms with E-state index < -0.39 is 12.2 Å². The number of thiophene rings is 1. The Balaban J connectivity index is 1.80. The first-order chi connectivity index (χ1) is 9.70. The molecule has 0 radical (unpaired) electrons. The summed E-state index contributed by atoms with van der Waals surface area (Å²) in [6, 6.07) is 10.8. The number of rotatable bonds is 6. The maximum absolute atomic E-state index is 10.0. The summed E-state index contributed by atoms with van der Waals surface area (Å²) < 4.78 is 0. The van der Waals surface area contributed by atoms with Crippen molar-refractivity contribution in [2.45, 2.75) is 12.2 Å². The van der Waals surface area contributed by atoms with Crippen molar-refractivity contribution >= 4 is 11.3 Å². The minimum Gasteiger partial charge on any atom is -0.387 e. The summed E-state index contributed by atoms with van der Waals surface area (Å²) >= 11 is 1.54. The van der Waals surface area contributed by atoms with Crippen molar-refractivity contribution in [3.63, 3.8) is 0 Å². The van der Waals surface area contributed by atoms with Crippen molar-refractivity contribution in [3.05, 3.63) is 57.8 Å². The van der Waals surface area contributed by atoms with E-state index in [4.69, 9.17) is 5.26 Å². The minimum atomic E-state index is -0.655. The SMILES string of the molecule is N#Cc1ccc(C(O)CNCC(O)c2ccsc2)cc1. The Bertz CT molecular complexity index is 561. The van der Waals surface area contributed by atoms with Gasteiger partial charge in [0.15, 0.2) is 0 Å². The smallest absolute Gasteiger partial charge is 0.0991 e. The zero-order chi connectivity index (χ0) is 14.4. The third-order valence-corrected chi connectivity index (χ3v) is 3.73. The molecule has 1 aromatic heterocycles. The summed E-state index contributed by atoms with van der Waals surface area (Å²) in [5.74, 6) is 0. The molecule has 0 spiro atoms. The molecule has 0 saturated carbocycles. The second-order valence-corrected chi connectivity index (χ2v) is 5.26. The van der Waals surface area contributed by atoms with Gasteiger partial charge < -0.3 is 15.5 Å². The Kier molecular flexibility index (Phi) is 5.27. The molecular formula is C15H16N2O2S. The van der Waals surface area contributed by atoms with Crippen LogP contribution < -0.4 is 5.32 Å². The van der Waals surface area contributed by atoms with Crippen LogP contribution in [0.3, 0.4) is 0 Å². The average Bonchev–Trinajstić information content (AvgIpc) is 3.01.